The Morgan fingerprint density at radius 1 is 1.17 bits per heavy atom. The largest absolute Gasteiger partial charge is 0.336 e. The molecule has 0 bridgehead atoms. The van der Waals surface area contributed by atoms with Gasteiger partial charge in [-0.15, -0.1) is 0 Å². The molecule has 1 aliphatic heterocycles. The van der Waals surface area contributed by atoms with E-state index in [0.29, 0.717) is 11.6 Å². The molecule has 0 radical (unpaired) electrons. The van der Waals surface area contributed by atoms with Gasteiger partial charge in [0.1, 0.15) is 0 Å². The number of carbonyl (C=O) groups is 1. The predicted molar refractivity (Wildman–Crippen MR) is 95.2 cm³/mol. The Bertz CT molecular complexity index is 653. The fourth-order valence-corrected chi connectivity index (χ4v) is 3.01. The second kappa shape index (κ2) is 8.28. The molecular formula is C17H22ClN5O. The number of halogens is 1. The molecule has 1 saturated heterocycles. The van der Waals surface area contributed by atoms with Crippen LogP contribution in [0, 0.1) is 0 Å². The van der Waals surface area contributed by atoms with Crippen molar-refractivity contribution in [1.29, 1.82) is 0 Å². The van der Waals surface area contributed by atoms with Crippen molar-refractivity contribution < 1.29 is 4.79 Å². The van der Waals surface area contributed by atoms with Crippen molar-refractivity contribution in [3.8, 4) is 0 Å². The van der Waals surface area contributed by atoms with E-state index in [2.05, 4.69) is 24.7 Å². The van der Waals surface area contributed by atoms with Crippen LogP contribution in [0.5, 0.6) is 0 Å². The number of rotatable bonds is 6. The molecule has 1 N–H and O–H groups in total. The number of nitrogens with one attached hydrogen (secondary N) is 1. The summed E-state index contributed by atoms with van der Waals surface area (Å²) in [5, 5.41) is 3.52. The van der Waals surface area contributed by atoms with Gasteiger partial charge in [-0.3, -0.25) is 14.6 Å². The molecule has 1 aliphatic rings. The summed E-state index contributed by atoms with van der Waals surface area (Å²) in [5.41, 5.74) is 0.742. The first kappa shape index (κ1) is 17.0. The Morgan fingerprint density at radius 2 is 1.96 bits per heavy atom. The lowest BCUT2D eigenvalue weighted by Gasteiger charge is -2.34. The highest BCUT2D eigenvalue weighted by atomic mass is 35.5. The van der Waals surface area contributed by atoms with Crippen molar-refractivity contribution in [1.82, 2.24) is 19.4 Å². The maximum Gasteiger partial charge on any atom is 0.238 e. The van der Waals surface area contributed by atoms with Gasteiger partial charge in [0, 0.05) is 62.4 Å². The minimum Gasteiger partial charge on any atom is -0.336 e. The third-order valence-electron chi connectivity index (χ3n) is 4.17. The number of benzene rings is 1. The molecular weight excluding hydrogens is 326 g/mol. The van der Waals surface area contributed by atoms with E-state index in [9.17, 15) is 4.79 Å². The zero-order chi connectivity index (χ0) is 16.8. The van der Waals surface area contributed by atoms with Gasteiger partial charge in [0.15, 0.2) is 0 Å². The van der Waals surface area contributed by atoms with Crippen LogP contribution in [-0.4, -0.2) is 64.5 Å². The summed E-state index contributed by atoms with van der Waals surface area (Å²) >= 11 is 5.93. The third-order valence-corrected chi connectivity index (χ3v) is 4.41. The van der Waals surface area contributed by atoms with Crippen molar-refractivity contribution in [3.05, 3.63) is 48.0 Å². The SMILES string of the molecule is O=C(CN1CCN(CCn2ccnc2)CC1)Nc1cccc(Cl)c1. The zero-order valence-corrected chi connectivity index (χ0v) is 14.3. The van der Waals surface area contributed by atoms with Gasteiger partial charge in [0.05, 0.1) is 12.9 Å². The predicted octanol–water partition coefficient (Wildman–Crippen LogP) is 1.79. The van der Waals surface area contributed by atoms with Crippen molar-refractivity contribution >= 4 is 23.2 Å². The van der Waals surface area contributed by atoms with Crippen LogP contribution in [0.15, 0.2) is 43.0 Å². The molecule has 7 heteroatoms. The number of carbonyl (C=O) groups excluding carboxylic acids is 1. The van der Waals surface area contributed by atoms with Gasteiger partial charge in [0.2, 0.25) is 5.91 Å². The summed E-state index contributed by atoms with van der Waals surface area (Å²) in [6.45, 7) is 6.17. The second-order valence-electron chi connectivity index (χ2n) is 5.98. The standard InChI is InChI=1S/C17H22ClN5O/c18-15-2-1-3-16(12-15)20-17(24)13-22-9-6-21(7-10-22)8-11-23-5-4-19-14-23/h1-5,12,14H,6-11,13H2,(H,20,24). The van der Waals surface area contributed by atoms with Crippen LogP contribution in [0.3, 0.4) is 0 Å². The molecule has 24 heavy (non-hydrogen) atoms. The first-order valence-corrected chi connectivity index (χ1v) is 8.53. The van der Waals surface area contributed by atoms with E-state index in [1.165, 1.54) is 0 Å². The highest BCUT2D eigenvalue weighted by Crippen LogP contribution is 2.14. The summed E-state index contributed by atoms with van der Waals surface area (Å²) in [4.78, 5) is 20.8. The lowest BCUT2D eigenvalue weighted by molar-refractivity contribution is -0.117. The van der Waals surface area contributed by atoms with Gasteiger partial charge in [0.25, 0.3) is 0 Å². The van der Waals surface area contributed by atoms with E-state index >= 15 is 0 Å². The third kappa shape index (κ3) is 5.06. The van der Waals surface area contributed by atoms with Crippen molar-refractivity contribution in [2.75, 3.05) is 44.6 Å². The van der Waals surface area contributed by atoms with Crippen molar-refractivity contribution in [2.45, 2.75) is 6.54 Å². The molecule has 128 valence electrons. The number of hydrogen-bond acceptors (Lipinski definition) is 4. The van der Waals surface area contributed by atoms with Crippen molar-refractivity contribution in [2.24, 2.45) is 0 Å². The number of hydrogen-bond donors (Lipinski definition) is 1. The first-order chi connectivity index (χ1) is 11.7. The molecule has 0 unspecified atom stereocenters. The van der Waals surface area contributed by atoms with E-state index in [-0.39, 0.29) is 5.91 Å². The molecule has 0 atom stereocenters. The number of anilines is 1. The van der Waals surface area contributed by atoms with Crippen LogP contribution in [0.4, 0.5) is 5.69 Å². The quantitative estimate of drug-likeness (QED) is 0.865. The maximum atomic E-state index is 12.1. The van der Waals surface area contributed by atoms with Crippen LogP contribution in [0.2, 0.25) is 5.02 Å². The highest BCUT2D eigenvalue weighted by molar-refractivity contribution is 6.30. The Balaban J connectivity index is 1.38. The first-order valence-electron chi connectivity index (χ1n) is 8.15. The smallest absolute Gasteiger partial charge is 0.238 e. The molecule has 2 aromatic rings. The van der Waals surface area contributed by atoms with Crippen LogP contribution in [0.25, 0.3) is 0 Å². The highest BCUT2D eigenvalue weighted by Gasteiger charge is 2.18. The summed E-state index contributed by atoms with van der Waals surface area (Å²) in [5.74, 6) is 0.00383. The summed E-state index contributed by atoms with van der Waals surface area (Å²) in [7, 11) is 0. The fourth-order valence-electron chi connectivity index (χ4n) is 2.82. The Labute approximate surface area is 147 Å². The van der Waals surface area contributed by atoms with Crippen LogP contribution >= 0.6 is 11.6 Å². The van der Waals surface area contributed by atoms with E-state index in [1.54, 1.807) is 18.3 Å². The molecule has 3 rings (SSSR count). The number of nitrogens with zero attached hydrogens (tertiary/aromatic N) is 4. The number of imidazole rings is 1. The van der Waals surface area contributed by atoms with E-state index in [4.69, 9.17) is 11.6 Å². The average Bonchev–Trinajstić information content (AvgIpc) is 3.07. The number of piperazine rings is 1. The lowest BCUT2D eigenvalue weighted by atomic mass is 10.3. The number of aromatic nitrogens is 2. The minimum atomic E-state index is 0.00383. The van der Waals surface area contributed by atoms with Gasteiger partial charge in [-0.05, 0) is 18.2 Å². The van der Waals surface area contributed by atoms with Gasteiger partial charge in [-0.1, -0.05) is 17.7 Å². The second-order valence-corrected chi connectivity index (χ2v) is 6.41. The molecule has 1 amide bonds. The summed E-state index contributed by atoms with van der Waals surface area (Å²) in [6.07, 6.45) is 5.63. The normalized spacial score (nSPS) is 16.2. The molecule has 6 nitrogen and oxygen atoms in total. The van der Waals surface area contributed by atoms with Gasteiger partial charge >= 0.3 is 0 Å². The van der Waals surface area contributed by atoms with Gasteiger partial charge in [-0.25, -0.2) is 4.98 Å². The van der Waals surface area contributed by atoms with E-state index in [0.717, 1.165) is 45.0 Å². The molecule has 1 aromatic carbocycles. The molecule has 1 aromatic heterocycles. The van der Waals surface area contributed by atoms with Gasteiger partial charge in [-0.2, -0.15) is 0 Å². The zero-order valence-electron chi connectivity index (χ0n) is 13.6. The molecule has 0 saturated carbocycles. The Hall–Kier alpha value is -1.89. The van der Waals surface area contributed by atoms with Crippen LogP contribution < -0.4 is 5.32 Å². The Morgan fingerprint density at radius 3 is 2.67 bits per heavy atom. The minimum absolute atomic E-state index is 0.00383. The summed E-state index contributed by atoms with van der Waals surface area (Å²) < 4.78 is 2.09. The van der Waals surface area contributed by atoms with Crippen LogP contribution in [0.1, 0.15) is 0 Å². The maximum absolute atomic E-state index is 12.1. The van der Waals surface area contributed by atoms with E-state index < -0.39 is 0 Å². The van der Waals surface area contributed by atoms with Crippen molar-refractivity contribution in [3.63, 3.8) is 0 Å². The van der Waals surface area contributed by atoms with Gasteiger partial charge < -0.3 is 9.88 Å². The number of amides is 1. The monoisotopic (exact) mass is 347 g/mol. The molecule has 1 fully saturated rings. The Kier molecular flexibility index (Phi) is 5.85. The van der Waals surface area contributed by atoms with E-state index in [1.807, 2.05) is 24.7 Å². The molecule has 2 heterocycles. The van der Waals surface area contributed by atoms with Crippen LogP contribution in [-0.2, 0) is 11.3 Å². The summed E-state index contributed by atoms with van der Waals surface area (Å²) in [6, 6.07) is 7.22. The average molecular weight is 348 g/mol. The molecule has 0 aliphatic carbocycles. The fraction of sp³-hybridized carbons (Fsp3) is 0.412. The topological polar surface area (TPSA) is 53.4 Å². The lowest BCUT2D eigenvalue weighted by Crippen LogP contribution is -2.49. The molecule has 0 spiro atoms.